The van der Waals surface area contributed by atoms with Crippen molar-refractivity contribution >= 4 is 5.95 Å². The van der Waals surface area contributed by atoms with Crippen LogP contribution in [0.2, 0.25) is 0 Å². The fourth-order valence-electron chi connectivity index (χ4n) is 1.79. The summed E-state index contributed by atoms with van der Waals surface area (Å²) in [7, 11) is 0. The highest BCUT2D eigenvalue weighted by molar-refractivity contribution is 5.26. The summed E-state index contributed by atoms with van der Waals surface area (Å²) < 4.78 is 14.9. The number of halogens is 1. The van der Waals surface area contributed by atoms with Crippen LogP contribution >= 0.6 is 0 Å². The van der Waals surface area contributed by atoms with Gasteiger partial charge in [0.15, 0.2) is 0 Å². The predicted octanol–water partition coefficient (Wildman–Crippen LogP) is 3.09. The highest BCUT2D eigenvalue weighted by atomic mass is 19.1. The predicted molar refractivity (Wildman–Crippen MR) is 71.1 cm³/mol. The fourth-order valence-corrected chi connectivity index (χ4v) is 1.79. The smallest absolute Gasteiger partial charge is 0.202 e. The molecule has 3 nitrogen and oxygen atoms in total. The Kier molecular flexibility index (Phi) is 4.34. The average molecular weight is 247 g/mol. The number of nitrogens with one attached hydrogen (secondary N) is 1. The molecule has 96 valence electrons. The van der Waals surface area contributed by atoms with E-state index in [0.717, 1.165) is 37.4 Å². The molecule has 0 spiro atoms. The van der Waals surface area contributed by atoms with Gasteiger partial charge in [0, 0.05) is 25.5 Å². The third-order valence-corrected chi connectivity index (χ3v) is 2.80. The topological polar surface area (TPSA) is 29.9 Å². The second-order valence-corrected chi connectivity index (χ2v) is 4.25. The van der Waals surface area contributed by atoms with Gasteiger partial charge in [-0.2, -0.15) is 0 Å². The normalized spacial score (nSPS) is 10.6. The van der Waals surface area contributed by atoms with Crippen molar-refractivity contribution in [2.45, 2.75) is 26.3 Å². The van der Waals surface area contributed by atoms with E-state index in [1.54, 1.807) is 6.20 Å². The van der Waals surface area contributed by atoms with Crippen LogP contribution in [-0.2, 0) is 13.0 Å². The summed E-state index contributed by atoms with van der Waals surface area (Å²) in [5.41, 5.74) is 1.13. The Morgan fingerprint density at radius 2 is 2.06 bits per heavy atom. The minimum atomic E-state index is -0.188. The van der Waals surface area contributed by atoms with E-state index in [4.69, 9.17) is 0 Å². The molecular weight excluding hydrogens is 229 g/mol. The average Bonchev–Trinajstić information content (AvgIpc) is 2.83. The van der Waals surface area contributed by atoms with Crippen LogP contribution in [-0.4, -0.2) is 16.1 Å². The summed E-state index contributed by atoms with van der Waals surface area (Å²) in [5.74, 6) is 0.714. The number of aromatic nitrogens is 2. The van der Waals surface area contributed by atoms with E-state index in [-0.39, 0.29) is 5.82 Å². The number of hydrogen-bond donors (Lipinski definition) is 1. The third-order valence-electron chi connectivity index (χ3n) is 2.80. The highest BCUT2D eigenvalue weighted by Crippen LogP contribution is 2.08. The van der Waals surface area contributed by atoms with Gasteiger partial charge in [-0.1, -0.05) is 19.1 Å². The molecular formula is C14H18FN3. The van der Waals surface area contributed by atoms with E-state index in [0.29, 0.717) is 0 Å². The van der Waals surface area contributed by atoms with Crippen LogP contribution in [0.15, 0.2) is 36.7 Å². The summed E-state index contributed by atoms with van der Waals surface area (Å²) in [4.78, 5) is 4.27. The molecule has 0 unspecified atom stereocenters. The summed E-state index contributed by atoms with van der Waals surface area (Å²) in [6, 6.07) is 6.65. The maximum Gasteiger partial charge on any atom is 0.202 e. The van der Waals surface area contributed by atoms with E-state index in [2.05, 4.69) is 21.8 Å². The molecule has 0 bridgehead atoms. The lowest BCUT2D eigenvalue weighted by Crippen LogP contribution is -2.09. The molecule has 0 fully saturated rings. The molecule has 0 amide bonds. The molecule has 0 aliphatic rings. The lowest BCUT2D eigenvalue weighted by atomic mass is 10.1. The van der Waals surface area contributed by atoms with Crippen molar-refractivity contribution in [1.29, 1.82) is 0 Å². The van der Waals surface area contributed by atoms with Crippen LogP contribution in [0.25, 0.3) is 0 Å². The number of nitrogens with zero attached hydrogens (tertiary/aromatic N) is 2. The minimum Gasteiger partial charge on any atom is -0.356 e. The number of imidazole rings is 1. The van der Waals surface area contributed by atoms with Gasteiger partial charge in [0.25, 0.3) is 0 Å². The molecule has 2 rings (SSSR count). The second-order valence-electron chi connectivity index (χ2n) is 4.25. The second kappa shape index (κ2) is 6.19. The number of anilines is 1. The van der Waals surface area contributed by atoms with Crippen LogP contribution in [0, 0.1) is 5.82 Å². The quantitative estimate of drug-likeness (QED) is 0.850. The lowest BCUT2D eigenvalue weighted by molar-refractivity contribution is 0.625. The zero-order valence-electron chi connectivity index (χ0n) is 10.6. The first-order chi connectivity index (χ1) is 8.79. The van der Waals surface area contributed by atoms with Crippen LogP contribution in [0.5, 0.6) is 0 Å². The number of benzene rings is 1. The molecule has 1 N–H and O–H groups in total. The van der Waals surface area contributed by atoms with Crippen molar-refractivity contribution in [3.63, 3.8) is 0 Å². The van der Waals surface area contributed by atoms with Crippen molar-refractivity contribution < 1.29 is 4.39 Å². The van der Waals surface area contributed by atoms with Gasteiger partial charge in [0.05, 0.1) is 0 Å². The molecule has 0 atom stereocenters. The standard InChI is InChI=1S/C14H18FN3/c1-2-8-16-14-17-9-11-18(14)10-7-12-3-5-13(15)6-4-12/h3-6,9,11H,2,7-8,10H2,1H3,(H,16,17). The van der Waals surface area contributed by atoms with Gasteiger partial charge in [-0.3, -0.25) is 0 Å². The molecule has 1 aromatic carbocycles. The van der Waals surface area contributed by atoms with Gasteiger partial charge in [0.1, 0.15) is 5.82 Å². The van der Waals surface area contributed by atoms with Crippen LogP contribution in [0.4, 0.5) is 10.3 Å². The first-order valence-corrected chi connectivity index (χ1v) is 6.29. The van der Waals surface area contributed by atoms with Gasteiger partial charge in [0.2, 0.25) is 5.95 Å². The number of hydrogen-bond acceptors (Lipinski definition) is 2. The Morgan fingerprint density at radius 1 is 1.28 bits per heavy atom. The van der Waals surface area contributed by atoms with E-state index in [1.807, 2.05) is 18.3 Å². The molecule has 1 aromatic heterocycles. The van der Waals surface area contributed by atoms with Gasteiger partial charge in [-0.15, -0.1) is 0 Å². The fraction of sp³-hybridized carbons (Fsp3) is 0.357. The Morgan fingerprint density at radius 3 is 2.78 bits per heavy atom. The van der Waals surface area contributed by atoms with E-state index in [1.165, 1.54) is 12.1 Å². The van der Waals surface area contributed by atoms with Crippen molar-refractivity contribution in [3.05, 3.63) is 48.0 Å². The molecule has 4 heteroatoms. The van der Waals surface area contributed by atoms with Gasteiger partial charge < -0.3 is 9.88 Å². The maximum absolute atomic E-state index is 12.8. The summed E-state index contributed by atoms with van der Waals surface area (Å²) in [5, 5.41) is 3.28. The molecule has 0 aliphatic heterocycles. The van der Waals surface area contributed by atoms with E-state index >= 15 is 0 Å². The first-order valence-electron chi connectivity index (χ1n) is 6.29. The Balaban J connectivity index is 1.93. The van der Waals surface area contributed by atoms with Crippen LogP contribution in [0.3, 0.4) is 0 Å². The number of aryl methyl sites for hydroxylation is 2. The van der Waals surface area contributed by atoms with Crippen molar-refractivity contribution in [2.75, 3.05) is 11.9 Å². The molecule has 0 aliphatic carbocycles. The Hall–Kier alpha value is -1.84. The van der Waals surface area contributed by atoms with Crippen molar-refractivity contribution in [3.8, 4) is 0 Å². The Bertz CT molecular complexity index is 476. The van der Waals surface area contributed by atoms with Gasteiger partial charge in [-0.05, 0) is 30.5 Å². The summed E-state index contributed by atoms with van der Waals surface area (Å²) in [6.07, 6.45) is 5.70. The SMILES string of the molecule is CCCNc1nccn1CCc1ccc(F)cc1. The summed E-state index contributed by atoms with van der Waals surface area (Å²) >= 11 is 0. The van der Waals surface area contributed by atoms with E-state index < -0.39 is 0 Å². The van der Waals surface area contributed by atoms with Crippen LogP contribution < -0.4 is 5.32 Å². The number of rotatable bonds is 6. The maximum atomic E-state index is 12.8. The van der Waals surface area contributed by atoms with Crippen LogP contribution in [0.1, 0.15) is 18.9 Å². The zero-order chi connectivity index (χ0) is 12.8. The monoisotopic (exact) mass is 247 g/mol. The highest BCUT2D eigenvalue weighted by Gasteiger charge is 2.01. The van der Waals surface area contributed by atoms with Gasteiger partial charge in [-0.25, -0.2) is 9.37 Å². The van der Waals surface area contributed by atoms with Crippen molar-refractivity contribution in [1.82, 2.24) is 9.55 Å². The minimum absolute atomic E-state index is 0.188. The van der Waals surface area contributed by atoms with Crippen molar-refractivity contribution in [2.24, 2.45) is 0 Å². The van der Waals surface area contributed by atoms with Gasteiger partial charge >= 0.3 is 0 Å². The third kappa shape index (κ3) is 3.32. The lowest BCUT2D eigenvalue weighted by Gasteiger charge is -2.09. The molecule has 2 aromatic rings. The Labute approximate surface area is 107 Å². The largest absolute Gasteiger partial charge is 0.356 e. The molecule has 18 heavy (non-hydrogen) atoms. The summed E-state index contributed by atoms with van der Waals surface area (Å²) in [6.45, 7) is 3.89. The molecule has 0 saturated carbocycles. The molecule has 0 saturated heterocycles. The first kappa shape index (κ1) is 12.6. The zero-order valence-corrected chi connectivity index (χ0v) is 10.6. The molecule has 1 heterocycles. The van der Waals surface area contributed by atoms with E-state index in [9.17, 15) is 4.39 Å². The molecule has 0 radical (unpaired) electrons.